The summed E-state index contributed by atoms with van der Waals surface area (Å²) in [5.74, 6) is -0.247. The van der Waals surface area contributed by atoms with Crippen LogP contribution in [0, 0.1) is 5.41 Å². The number of carbonyl (C=O) groups excluding carboxylic acids is 2. The van der Waals surface area contributed by atoms with Crippen LogP contribution in [0.2, 0.25) is 0 Å². The van der Waals surface area contributed by atoms with Crippen molar-refractivity contribution in [1.29, 1.82) is 0 Å². The number of nitrogens with zero attached hydrogens (tertiary/aromatic N) is 2. The van der Waals surface area contributed by atoms with Gasteiger partial charge in [0.1, 0.15) is 5.69 Å². The van der Waals surface area contributed by atoms with Gasteiger partial charge in [0.2, 0.25) is 11.7 Å². The average Bonchev–Trinajstić information content (AvgIpc) is 3.33. The van der Waals surface area contributed by atoms with Crippen molar-refractivity contribution in [1.82, 2.24) is 15.4 Å². The molecule has 1 spiro atoms. The van der Waals surface area contributed by atoms with Gasteiger partial charge in [-0.2, -0.15) is 0 Å². The first-order valence-electron chi connectivity index (χ1n) is 10.9. The number of aromatic nitrogens is 1. The monoisotopic (exact) mass is 431 g/mol. The molecule has 2 amide bonds. The van der Waals surface area contributed by atoms with E-state index in [9.17, 15) is 14.7 Å². The molecule has 32 heavy (non-hydrogen) atoms. The topological polar surface area (TPSA) is 95.7 Å². The van der Waals surface area contributed by atoms with Crippen molar-refractivity contribution in [3.05, 3.63) is 78.1 Å². The molecule has 0 unspecified atom stereocenters. The lowest BCUT2D eigenvalue weighted by atomic mass is 9.70. The average molecular weight is 431 g/mol. The molecule has 2 N–H and O–H groups in total. The van der Waals surface area contributed by atoms with Gasteiger partial charge in [-0.15, -0.1) is 0 Å². The summed E-state index contributed by atoms with van der Waals surface area (Å²) in [5.41, 5.74) is 1.53. The van der Waals surface area contributed by atoms with Gasteiger partial charge in [0.15, 0.2) is 0 Å². The van der Waals surface area contributed by atoms with Crippen LogP contribution in [-0.2, 0) is 4.79 Å². The largest absolute Gasteiger partial charge is 0.391 e. The zero-order valence-corrected chi connectivity index (χ0v) is 17.6. The number of hydrogen-bond acceptors (Lipinski definition) is 5. The van der Waals surface area contributed by atoms with Crippen LogP contribution in [0.3, 0.4) is 0 Å². The first-order chi connectivity index (χ1) is 15.6. The second-order valence-electron chi connectivity index (χ2n) is 8.69. The van der Waals surface area contributed by atoms with Gasteiger partial charge < -0.3 is 19.8 Å². The van der Waals surface area contributed by atoms with Crippen LogP contribution < -0.4 is 5.32 Å². The maximum Gasteiger partial charge on any atom is 0.292 e. The van der Waals surface area contributed by atoms with Crippen molar-refractivity contribution >= 4 is 11.8 Å². The Kier molecular flexibility index (Phi) is 5.27. The SMILES string of the molecule is O=C(c1cc(-c2ccccc2)no1)N1CCC[C@@]2(C[C@@H](O)[C@H](c3ccccc3)NC2=O)C1. The Labute approximate surface area is 186 Å². The number of hydrogen-bond donors (Lipinski definition) is 2. The van der Waals surface area contributed by atoms with E-state index in [4.69, 9.17) is 4.52 Å². The van der Waals surface area contributed by atoms with Crippen LogP contribution in [0.15, 0.2) is 71.3 Å². The van der Waals surface area contributed by atoms with Gasteiger partial charge >= 0.3 is 0 Å². The molecule has 2 aliphatic heterocycles. The molecule has 1 aromatic heterocycles. The van der Waals surface area contributed by atoms with Crippen LogP contribution in [0.4, 0.5) is 0 Å². The summed E-state index contributed by atoms with van der Waals surface area (Å²) in [6, 6.07) is 20.2. The van der Waals surface area contributed by atoms with Crippen molar-refractivity contribution in [2.24, 2.45) is 5.41 Å². The third-order valence-corrected chi connectivity index (χ3v) is 6.57. The van der Waals surface area contributed by atoms with E-state index in [0.29, 0.717) is 31.5 Å². The molecule has 2 saturated heterocycles. The summed E-state index contributed by atoms with van der Waals surface area (Å²) in [6.45, 7) is 0.783. The van der Waals surface area contributed by atoms with Gasteiger partial charge in [-0.3, -0.25) is 9.59 Å². The third-order valence-electron chi connectivity index (χ3n) is 6.57. The standard InChI is InChI=1S/C25H25N3O4/c29-20-15-25(24(31)26-22(20)18-10-5-2-6-11-18)12-7-13-28(16-25)23(30)21-14-19(27-32-21)17-8-3-1-4-9-17/h1-6,8-11,14,20,22,29H,7,12-13,15-16H2,(H,26,31)/t20-,22+,25-/m1/s1. The fourth-order valence-electron chi connectivity index (χ4n) is 4.90. The molecule has 3 atom stereocenters. The summed E-state index contributed by atoms with van der Waals surface area (Å²) < 4.78 is 5.34. The van der Waals surface area contributed by atoms with Crippen LogP contribution in [0.25, 0.3) is 11.3 Å². The lowest BCUT2D eigenvalue weighted by Gasteiger charge is -2.47. The molecule has 2 fully saturated rings. The van der Waals surface area contributed by atoms with E-state index in [1.165, 1.54) is 0 Å². The highest BCUT2D eigenvalue weighted by atomic mass is 16.5. The van der Waals surface area contributed by atoms with Gasteiger partial charge in [-0.25, -0.2) is 0 Å². The van der Waals surface area contributed by atoms with E-state index in [0.717, 1.165) is 11.1 Å². The lowest BCUT2D eigenvalue weighted by Crippen LogP contribution is -2.60. The van der Waals surface area contributed by atoms with E-state index >= 15 is 0 Å². The first kappa shape index (κ1) is 20.5. The Hall–Kier alpha value is -3.45. The second-order valence-corrected chi connectivity index (χ2v) is 8.69. The summed E-state index contributed by atoms with van der Waals surface area (Å²) in [6.07, 6.45) is 0.905. The molecule has 2 aromatic carbocycles. The molecule has 2 aliphatic rings. The molecule has 7 heteroatoms. The Bertz CT molecular complexity index is 1110. The maximum atomic E-state index is 13.2. The molecule has 7 nitrogen and oxygen atoms in total. The number of benzene rings is 2. The highest BCUT2D eigenvalue weighted by molar-refractivity contribution is 5.93. The van der Waals surface area contributed by atoms with E-state index in [-0.39, 0.29) is 24.1 Å². The summed E-state index contributed by atoms with van der Waals surface area (Å²) in [5, 5.41) is 17.9. The molecule has 0 bridgehead atoms. The summed E-state index contributed by atoms with van der Waals surface area (Å²) in [4.78, 5) is 28.0. The summed E-state index contributed by atoms with van der Waals surface area (Å²) >= 11 is 0. The highest BCUT2D eigenvalue weighted by Gasteiger charge is 2.50. The maximum absolute atomic E-state index is 13.2. The molecular weight excluding hydrogens is 406 g/mol. The molecule has 3 aromatic rings. The minimum absolute atomic E-state index is 0.114. The van der Waals surface area contributed by atoms with Crippen LogP contribution >= 0.6 is 0 Å². The lowest BCUT2D eigenvalue weighted by molar-refractivity contribution is -0.144. The van der Waals surface area contributed by atoms with Gasteiger partial charge in [0, 0.05) is 24.7 Å². The molecule has 0 radical (unpaired) electrons. The molecular formula is C25H25N3O4. The number of piperidine rings is 2. The number of carbonyl (C=O) groups is 2. The van der Waals surface area contributed by atoms with Gasteiger partial charge in [-0.05, 0) is 24.8 Å². The Balaban J connectivity index is 1.33. The predicted molar refractivity (Wildman–Crippen MR) is 117 cm³/mol. The second kappa shape index (κ2) is 8.24. The van der Waals surface area contributed by atoms with Crippen molar-refractivity contribution in [3.8, 4) is 11.3 Å². The fourth-order valence-corrected chi connectivity index (χ4v) is 4.90. The van der Waals surface area contributed by atoms with Crippen LogP contribution in [0.1, 0.15) is 41.4 Å². The highest BCUT2D eigenvalue weighted by Crippen LogP contribution is 2.41. The smallest absolute Gasteiger partial charge is 0.292 e. The number of likely N-dealkylation sites (tertiary alicyclic amines) is 1. The minimum Gasteiger partial charge on any atom is -0.391 e. The third kappa shape index (κ3) is 3.69. The molecule has 3 heterocycles. The molecule has 0 saturated carbocycles. The molecule has 5 rings (SSSR count). The van der Waals surface area contributed by atoms with E-state index in [2.05, 4.69) is 10.5 Å². The minimum atomic E-state index is -0.805. The summed E-state index contributed by atoms with van der Waals surface area (Å²) in [7, 11) is 0. The number of amides is 2. The van der Waals surface area contributed by atoms with Crippen molar-refractivity contribution in [2.45, 2.75) is 31.4 Å². The Morgan fingerprint density at radius 2 is 1.84 bits per heavy atom. The number of rotatable bonds is 3. The fraction of sp³-hybridized carbons (Fsp3) is 0.320. The Morgan fingerprint density at radius 3 is 2.59 bits per heavy atom. The van der Waals surface area contributed by atoms with E-state index in [1.54, 1.807) is 11.0 Å². The van der Waals surface area contributed by atoms with Crippen molar-refractivity contribution in [3.63, 3.8) is 0 Å². The van der Waals surface area contributed by atoms with Crippen molar-refractivity contribution < 1.29 is 19.2 Å². The van der Waals surface area contributed by atoms with Crippen LogP contribution in [-0.4, -0.2) is 46.2 Å². The zero-order valence-electron chi connectivity index (χ0n) is 17.6. The van der Waals surface area contributed by atoms with Gasteiger partial charge in [0.25, 0.3) is 5.91 Å². The Morgan fingerprint density at radius 1 is 1.12 bits per heavy atom. The normalized spacial score (nSPS) is 25.5. The quantitative estimate of drug-likeness (QED) is 0.664. The number of aliphatic hydroxyl groups excluding tert-OH is 1. The van der Waals surface area contributed by atoms with Gasteiger partial charge in [-0.1, -0.05) is 65.8 Å². The van der Waals surface area contributed by atoms with Crippen molar-refractivity contribution in [2.75, 3.05) is 13.1 Å². The van der Waals surface area contributed by atoms with E-state index in [1.807, 2.05) is 60.7 Å². The zero-order chi connectivity index (χ0) is 22.1. The number of nitrogens with one attached hydrogen (secondary N) is 1. The van der Waals surface area contributed by atoms with E-state index < -0.39 is 17.6 Å². The molecule has 164 valence electrons. The first-order valence-corrected chi connectivity index (χ1v) is 10.9. The molecule has 0 aliphatic carbocycles. The van der Waals surface area contributed by atoms with Gasteiger partial charge in [0.05, 0.1) is 17.6 Å². The predicted octanol–water partition coefficient (Wildman–Crippen LogP) is 3.19. The number of aliphatic hydroxyl groups is 1. The van der Waals surface area contributed by atoms with Crippen LogP contribution in [0.5, 0.6) is 0 Å².